The van der Waals surface area contributed by atoms with Crippen LogP contribution in [0.25, 0.3) is 11.4 Å². The Morgan fingerprint density at radius 2 is 1.78 bits per heavy atom. The molecule has 5 rings (SSSR count). The molecule has 1 unspecified atom stereocenters. The van der Waals surface area contributed by atoms with Crippen LogP contribution in [0.1, 0.15) is 55.2 Å². The van der Waals surface area contributed by atoms with E-state index in [9.17, 15) is 4.79 Å². The van der Waals surface area contributed by atoms with Gasteiger partial charge in [-0.25, -0.2) is 0 Å². The van der Waals surface area contributed by atoms with E-state index in [1.807, 2.05) is 24.3 Å². The molecule has 0 saturated carbocycles. The Hall–Kier alpha value is -3.03. The molecule has 2 aliphatic heterocycles. The van der Waals surface area contributed by atoms with E-state index in [4.69, 9.17) is 4.52 Å². The van der Waals surface area contributed by atoms with Crippen molar-refractivity contribution in [1.82, 2.24) is 25.3 Å². The minimum absolute atomic E-state index is 0.0556. The van der Waals surface area contributed by atoms with Gasteiger partial charge in [-0.1, -0.05) is 66.2 Å². The predicted octanol–water partition coefficient (Wildman–Crippen LogP) is 4.81. The van der Waals surface area contributed by atoms with Crippen LogP contribution < -0.4 is 5.32 Å². The van der Waals surface area contributed by atoms with E-state index >= 15 is 0 Å². The summed E-state index contributed by atoms with van der Waals surface area (Å²) in [6.45, 7) is 10.7. The van der Waals surface area contributed by atoms with Gasteiger partial charge in [0, 0.05) is 31.1 Å². The molecule has 7 nitrogen and oxygen atoms in total. The van der Waals surface area contributed by atoms with Crippen molar-refractivity contribution in [2.24, 2.45) is 11.8 Å². The summed E-state index contributed by atoms with van der Waals surface area (Å²) in [5.74, 6) is 2.25. The molecule has 3 aromatic rings. The Morgan fingerprint density at radius 3 is 2.57 bits per heavy atom. The molecule has 0 bridgehead atoms. The highest BCUT2D eigenvalue weighted by Crippen LogP contribution is 2.22. The Bertz CT molecular complexity index is 1170. The lowest BCUT2D eigenvalue weighted by Gasteiger charge is -2.31. The van der Waals surface area contributed by atoms with Crippen molar-refractivity contribution < 1.29 is 9.32 Å². The first-order valence-corrected chi connectivity index (χ1v) is 13.7. The zero-order valence-electron chi connectivity index (χ0n) is 22.2. The standard InChI is InChI=1S/C30H39N5O2/c1-22-8-10-26(11-9-22)29-32-28(37-33-29)21-34-15-12-27(13-16-34)30(36)31-18-24-6-3-7-25(17-24)20-35-14-4-5-23(2)19-35/h3,6-11,17,23,27H,4-5,12-16,18-21H2,1-2H3,(H,31,36). The molecule has 1 aromatic heterocycles. The predicted molar refractivity (Wildman–Crippen MR) is 144 cm³/mol. The van der Waals surface area contributed by atoms with Crippen LogP contribution in [-0.2, 0) is 24.4 Å². The van der Waals surface area contributed by atoms with Crippen molar-refractivity contribution in [3.05, 3.63) is 71.1 Å². The van der Waals surface area contributed by atoms with Gasteiger partial charge < -0.3 is 9.84 Å². The SMILES string of the molecule is Cc1ccc(-c2noc(CN3CCC(C(=O)NCc4cccc(CN5CCCC(C)C5)c4)CC3)n2)cc1. The highest BCUT2D eigenvalue weighted by molar-refractivity contribution is 5.78. The van der Waals surface area contributed by atoms with Crippen LogP contribution in [0.2, 0.25) is 0 Å². The number of carbonyl (C=O) groups is 1. The van der Waals surface area contributed by atoms with Crippen LogP contribution in [0.15, 0.2) is 53.1 Å². The summed E-state index contributed by atoms with van der Waals surface area (Å²) in [5, 5.41) is 7.32. The number of piperidine rings is 2. The number of amides is 1. The molecule has 0 aliphatic carbocycles. The highest BCUT2D eigenvalue weighted by atomic mass is 16.5. The third-order valence-electron chi connectivity index (χ3n) is 7.70. The normalized spacial score (nSPS) is 19.7. The van der Waals surface area contributed by atoms with Crippen molar-refractivity contribution in [2.45, 2.75) is 59.2 Å². The molecule has 2 saturated heterocycles. The Morgan fingerprint density at radius 1 is 1.00 bits per heavy atom. The molecule has 2 fully saturated rings. The third-order valence-corrected chi connectivity index (χ3v) is 7.70. The maximum atomic E-state index is 12.9. The van der Waals surface area contributed by atoms with Crippen molar-refractivity contribution >= 4 is 5.91 Å². The zero-order chi connectivity index (χ0) is 25.6. The lowest BCUT2D eigenvalue weighted by atomic mass is 9.95. The highest BCUT2D eigenvalue weighted by Gasteiger charge is 2.26. The summed E-state index contributed by atoms with van der Waals surface area (Å²) >= 11 is 0. The van der Waals surface area contributed by atoms with Crippen molar-refractivity contribution in [3.63, 3.8) is 0 Å². The number of benzene rings is 2. The van der Waals surface area contributed by atoms with Gasteiger partial charge in [0.2, 0.25) is 17.6 Å². The molecule has 1 N–H and O–H groups in total. The third kappa shape index (κ3) is 7.05. The van der Waals surface area contributed by atoms with E-state index in [-0.39, 0.29) is 11.8 Å². The number of rotatable bonds is 8. The molecule has 37 heavy (non-hydrogen) atoms. The minimum atomic E-state index is 0.0556. The number of carbonyl (C=O) groups excluding carboxylic acids is 1. The van der Waals surface area contributed by atoms with Gasteiger partial charge in [0.25, 0.3) is 0 Å². The Kier molecular flexibility index (Phi) is 8.31. The molecule has 2 aromatic carbocycles. The van der Waals surface area contributed by atoms with Gasteiger partial charge in [0.1, 0.15) is 0 Å². The molecular weight excluding hydrogens is 462 g/mol. The fourth-order valence-electron chi connectivity index (χ4n) is 5.54. The summed E-state index contributed by atoms with van der Waals surface area (Å²) in [6.07, 6.45) is 4.32. The summed E-state index contributed by atoms with van der Waals surface area (Å²) in [4.78, 5) is 22.3. The molecule has 0 radical (unpaired) electrons. The van der Waals surface area contributed by atoms with Gasteiger partial charge in [-0.05, 0) is 69.3 Å². The van der Waals surface area contributed by atoms with E-state index in [1.54, 1.807) is 0 Å². The summed E-state index contributed by atoms with van der Waals surface area (Å²) in [5.41, 5.74) is 4.67. The maximum Gasteiger partial charge on any atom is 0.241 e. The van der Waals surface area contributed by atoms with Crippen LogP contribution in [0, 0.1) is 18.8 Å². The molecule has 1 atom stereocenters. The van der Waals surface area contributed by atoms with Crippen molar-refractivity contribution in [1.29, 1.82) is 0 Å². The number of aryl methyl sites for hydroxylation is 1. The van der Waals surface area contributed by atoms with Crippen LogP contribution in [0.3, 0.4) is 0 Å². The molecule has 7 heteroatoms. The largest absolute Gasteiger partial charge is 0.352 e. The summed E-state index contributed by atoms with van der Waals surface area (Å²) in [7, 11) is 0. The molecule has 0 spiro atoms. The second-order valence-corrected chi connectivity index (χ2v) is 10.9. The Labute approximate surface area is 220 Å². The summed E-state index contributed by atoms with van der Waals surface area (Å²) < 4.78 is 5.49. The number of aromatic nitrogens is 2. The fourth-order valence-corrected chi connectivity index (χ4v) is 5.54. The van der Waals surface area contributed by atoms with Crippen molar-refractivity contribution in [3.8, 4) is 11.4 Å². The zero-order valence-corrected chi connectivity index (χ0v) is 22.2. The molecule has 3 heterocycles. The fraction of sp³-hybridized carbons (Fsp3) is 0.500. The number of nitrogens with one attached hydrogen (secondary N) is 1. The number of hydrogen-bond acceptors (Lipinski definition) is 6. The van der Waals surface area contributed by atoms with Gasteiger partial charge >= 0.3 is 0 Å². The topological polar surface area (TPSA) is 74.5 Å². The van der Waals surface area contributed by atoms with Crippen LogP contribution in [0.5, 0.6) is 0 Å². The number of likely N-dealkylation sites (tertiary alicyclic amines) is 2. The molecule has 1 amide bonds. The van der Waals surface area contributed by atoms with E-state index in [2.05, 4.69) is 63.4 Å². The minimum Gasteiger partial charge on any atom is -0.352 e. The maximum absolute atomic E-state index is 12.9. The average Bonchev–Trinajstić information content (AvgIpc) is 3.37. The van der Waals surface area contributed by atoms with Gasteiger partial charge in [-0.3, -0.25) is 14.6 Å². The van der Waals surface area contributed by atoms with E-state index < -0.39 is 0 Å². The molecular formula is C30H39N5O2. The second kappa shape index (κ2) is 12.0. The van der Waals surface area contributed by atoms with E-state index in [0.29, 0.717) is 24.8 Å². The van der Waals surface area contributed by atoms with E-state index in [1.165, 1.54) is 42.6 Å². The lowest BCUT2D eigenvalue weighted by Crippen LogP contribution is -2.40. The second-order valence-electron chi connectivity index (χ2n) is 10.9. The summed E-state index contributed by atoms with van der Waals surface area (Å²) in [6, 6.07) is 16.8. The Balaban J connectivity index is 1.06. The number of hydrogen-bond donors (Lipinski definition) is 1. The first-order chi connectivity index (χ1) is 18.0. The van der Waals surface area contributed by atoms with Gasteiger partial charge in [0.05, 0.1) is 6.54 Å². The van der Waals surface area contributed by atoms with Crippen LogP contribution in [0.4, 0.5) is 0 Å². The lowest BCUT2D eigenvalue weighted by molar-refractivity contribution is -0.126. The molecule has 196 valence electrons. The van der Waals surface area contributed by atoms with E-state index in [0.717, 1.165) is 44.0 Å². The first kappa shape index (κ1) is 25.6. The van der Waals surface area contributed by atoms with Gasteiger partial charge in [-0.2, -0.15) is 4.98 Å². The van der Waals surface area contributed by atoms with Gasteiger partial charge in [0.15, 0.2) is 0 Å². The molecule has 2 aliphatic rings. The van der Waals surface area contributed by atoms with Crippen LogP contribution in [-0.4, -0.2) is 52.0 Å². The smallest absolute Gasteiger partial charge is 0.241 e. The van der Waals surface area contributed by atoms with Crippen LogP contribution >= 0.6 is 0 Å². The van der Waals surface area contributed by atoms with Crippen molar-refractivity contribution in [2.75, 3.05) is 26.2 Å². The quantitative estimate of drug-likeness (QED) is 0.478. The monoisotopic (exact) mass is 501 g/mol. The number of nitrogens with zero attached hydrogens (tertiary/aromatic N) is 4. The first-order valence-electron chi connectivity index (χ1n) is 13.7. The average molecular weight is 502 g/mol. The van der Waals surface area contributed by atoms with Gasteiger partial charge in [-0.15, -0.1) is 0 Å².